The van der Waals surface area contributed by atoms with Crippen molar-refractivity contribution in [2.45, 2.75) is 56.0 Å². The Labute approximate surface area is 261 Å². The number of hydrogen-bond acceptors (Lipinski definition) is 17. The molecule has 0 amide bonds. The molecule has 3 saturated heterocycles. The van der Waals surface area contributed by atoms with Crippen molar-refractivity contribution in [3.63, 3.8) is 0 Å². The molecule has 242 valence electrons. The molecule has 2 unspecified atom stereocenters. The molecule has 24 heteroatoms. The maximum absolute atomic E-state index is 12.3. The van der Waals surface area contributed by atoms with E-state index in [1.807, 2.05) is 0 Å². The van der Waals surface area contributed by atoms with Gasteiger partial charge in [0.15, 0.2) is 35.1 Å². The molecule has 4 aromatic heterocycles. The topological polar surface area (TPSA) is 269 Å². The minimum atomic E-state index is -4.15. The van der Waals surface area contributed by atoms with Gasteiger partial charge in [0.05, 0.1) is 25.9 Å². The van der Waals surface area contributed by atoms with Gasteiger partial charge in [-0.3, -0.25) is 23.0 Å². The molecule has 3 aliphatic heterocycles. The van der Waals surface area contributed by atoms with Gasteiger partial charge >= 0.3 is 13.4 Å². The predicted octanol–water partition coefficient (Wildman–Crippen LogP) is -1.38. The van der Waals surface area contributed by atoms with Crippen molar-refractivity contribution in [1.29, 1.82) is 0 Å². The maximum Gasteiger partial charge on any atom is 0.325 e. The summed E-state index contributed by atoms with van der Waals surface area (Å²) in [6.07, 6.45) is -6.73. The Morgan fingerprint density at radius 1 is 0.889 bits per heavy atom. The zero-order chi connectivity index (χ0) is 31.8. The maximum atomic E-state index is 12.3. The zero-order valence-corrected chi connectivity index (χ0v) is 26.3. The van der Waals surface area contributed by atoms with Crippen LogP contribution in [0.2, 0.25) is 0 Å². The number of aromatic nitrogens is 8. The number of aryl methyl sites for hydroxylation is 1. The number of ether oxygens (including phenoxy) is 2. The Balaban J connectivity index is 1.17. The van der Waals surface area contributed by atoms with Crippen LogP contribution in [0.1, 0.15) is 18.3 Å². The second kappa shape index (κ2) is 11.4. The fourth-order valence-corrected chi connectivity index (χ4v) is 8.30. The Morgan fingerprint density at radius 3 is 2.00 bits per heavy atom. The van der Waals surface area contributed by atoms with Crippen molar-refractivity contribution < 1.29 is 47.6 Å². The number of fused-ring (bicyclic) bond motifs is 4. The molecule has 0 aliphatic carbocycles. The van der Waals surface area contributed by atoms with E-state index < -0.39 is 81.3 Å². The van der Waals surface area contributed by atoms with Crippen LogP contribution in [0.3, 0.4) is 0 Å². The summed E-state index contributed by atoms with van der Waals surface area (Å²) in [5, 5.41) is 22.6. The van der Waals surface area contributed by atoms with E-state index in [0.29, 0.717) is 5.82 Å². The number of nitrogens with zero attached hydrogens (tertiary/aromatic N) is 7. The van der Waals surface area contributed by atoms with Gasteiger partial charge < -0.3 is 49.2 Å². The number of anilines is 1. The number of rotatable bonds is 2. The van der Waals surface area contributed by atoms with Crippen LogP contribution in [-0.4, -0.2) is 109 Å². The van der Waals surface area contributed by atoms with Gasteiger partial charge in [0, 0.05) is 0 Å². The number of imidazole rings is 2. The summed E-state index contributed by atoms with van der Waals surface area (Å²) in [5.41, 5.74) is 6.00. The smallest absolute Gasteiger partial charge is 0.325 e. The van der Waals surface area contributed by atoms with Gasteiger partial charge in [-0.25, -0.2) is 24.9 Å². The Hall–Kier alpha value is -2.40. The average Bonchev–Trinajstić information content (AvgIpc) is 3.72. The molecular weight excluding hydrogens is 680 g/mol. The predicted molar refractivity (Wildman–Crippen MR) is 157 cm³/mol. The van der Waals surface area contributed by atoms with Crippen molar-refractivity contribution in [3.05, 3.63) is 35.2 Å². The van der Waals surface area contributed by atoms with Crippen LogP contribution in [0.15, 0.2) is 23.8 Å². The van der Waals surface area contributed by atoms with Crippen LogP contribution in [-0.2, 0) is 51.2 Å². The second-order valence-electron chi connectivity index (χ2n) is 10.3. The number of nitrogen functional groups attached to an aromatic ring is 1. The molecule has 7 rings (SSSR count). The zero-order valence-electron chi connectivity index (χ0n) is 22.8. The van der Waals surface area contributed by atoms with E-state index in [0.717, 1.165) is 0 Å². The Kier molecular flexibility index (Phi) is 7.90. The highest BCUT2D eigenvalue weighted by Gasteiger charge is 2.52. The first-order chi connectivity index (χ1) is 21.3. The summed E-state index contributed by atoms with van der Waals surface area (Å²) < 4.78 is 37.3. The third kappa shape index (κ3) is 5.63. The highest BCUT2D eigenvalue weighted by Crippen LogP contribution is 2.54. The van der Waals surface area contributed by atoms with Crippen LogP contribution in [0, 0.1) is 6.92 Å². The van der Waals surface area contributed by atoms with E-state index in [1.54, 1.807) is 6.92 Å². The first kappa shape index (κ1) is 31.2. The lowest BCUT2D eigenvalue weighted by Crippen LogP contribution is -2.39. The van der Waals surface area contributed by atoms with Gasteiger partial charge in [-0.05, 0) is 30.5 Å². The van der Waals surface area contributed by atoms with Gasteiger partial charge in [-0.1, -0.05) is 0 Å². The molecule has 0 radical (unpaired) electrons. The largest absolute Gasteiger partial charge is 0.386 e. The van der Waals surface area contributed by atoms with E-state index in [1.165, 1.54) is 28.1 Å². The number of hydrogen-bond donors (Lipinski definition) is 6. The lowest BCUT2D eigenvalue weighted by molar-refractivity contribution is -0.0593. The summed E-state index contributed by atoms with van der Waals surface area (Å²) in [5.74, 6) is 0.397. The van der Waals surface area contributed by atoms with Crippen molar-refractivity contribution in [2.24, 2.45) is 0 Å². The second-order valence-corrected chi connectivity index (χ2v) is 15.9. The minimum absolute atomic E-state index is 0.00247. The summed E-state index contributed by atoms with van der Waals surface area (Å²) in [7, 11) is 0. The molecule has 4 aromatic rings. The molecule has 0 bridgehead atoms. The van der Waals surface area contributed by atoms with E-state index in [-0.39, 0.29) is 28.1 Å². The van der Waals surface area contributed by atoms with Crippen molar-refractivity contribution >= 4 is 65.2 Å². The van der Waals surface area contributed by atoms with Gasteiger partial charge in [-0.2, -0.15) is 0 Å². The van der Waals surface area contributed by atoms with Crippen LogP contribution < -0.4 is 11.3 Å². The molecule has 10 atom stereocenters. The fourth-order valence-electron chi connectivity index (χ4n) is 5.41. The van der Waals surface area contributed by atoms with Crippen LogP contribution in [0.25, 0.3) is 22.3 Å². The molecular formula is C21H25N9O11P2S2. The number of nitrogens with two attached hydrogens (primary N) is 1. The summed E-state index contributed by atoms with van der Waals surface area (Å²) in [6.45, 7) is -7.74. The number of aliphatic hydroxyl groups excluding tert-OH is 2. The molecule has 0 spiro atoms. The number of aliphatic hydroxyl groups is 2. The Morgan fingerprint density at radius 2 is 1.42 bits per heavy atom. The van der Waals surface area contributed by atoms with E-state index in [9.17, 15) is 24.8 Å². The molecule has 7 heterocycles. The van der Waals surface area contributed by atoms with E-state index in [2.05, 4.69) is 29.9 Å². The quantitative estimate of drug-likeness (QED) is 0.131. The molecule has 0 aromatic carbocycles. The number of nitrogens with one attached hydrogen (secondary N) is 1. The monoisotopic (exact) mass is 705 g/mol. The number of aromatic amines is 1. The van der Waals surface area contributed by atoms with E-state index >= 15 is 0 Å². The summed E-state index contributed by atoms with van der Waals surface area (Å²) in [6, 6.07) is 0. The first-order valence-corrected chi connectivity index (χ1v) is 18.3. The SMILES string of the molecule is Cc1nc2c(ncn2[C@@H]2O[C@@H]3COP(O)(=S)O[C@H]4[C@@H](O)[C@H](n5cnc6c(N)ncnc65)O[C@@H]4COP(O)(=S)O[C@H]3[C@H]2O)c(=O)[nH]1. The van der Waals surface area contributed by atoms with Gasteiger partial charge in [-0.15, -0.1) is 0 Å². The van der Waals surface area contributed by atoms with E-state index in [4.69, 9.17) is 56.9 Å². The molecule has 7 N–H and O–H groups in total. The lowest BCUT2D eigenvalue weighted by atomic mass is 10.1. The van der Waals surface area contributed by atoms with Crippen LogP contribution in [0.4, 0.5) is 5.82 Å². The Bertz CT molecular complexity index is 1940. The highest BCUT2D eigenvalue weighted by atomic mass is 32.5. The molecule has 3 fully saturated rings. The van der Waals surface area contributed by atoms with Crippen molar-refractivity contribution in [2.75, 3.05) is 18.9 Å². The minimum Gasteiger partial charge on any atom is -0.386 e. The van der Waals surface area contributed by atoms with Crippen LogP contribution >= 0.6 is 13.4 Å². The van der Waals surface area contributed by atoms with Gasteiger partial charge in [0.1, 0.15) is 54.3 Å². The fraction of sp³-hybridized carbons (Fsp3) is 0.524. The average molecular weight is 706 g/mol. The van der Waals surface area contributed by atoms with Gasteiger partial charge in [0.25, 0.3) is 5.56 Å². The summed E-state index contributed by atoms with van der Waals surface area (Å²) >= 11 is 10.5. The third-order valence-corrected chi connectivity index (χ3v) is 10.5. The van der Waals surface area contributed by atoms with Gasteiger partial charge in [0.2, 0.25) is 0 Å². The highest BCUT2D eigenvalue weighted by molar-refractivity contribution is 8.07. The summed E-state index contributed by atoms with van der Waals surface area (Å²) in [4.78, 5) is 57.5. The molecule has 3 aliphatic rings. The van der Waals surface area contributed by atoms with Crippen molar-refractivity contribution in [1.82, 2.24) is 39.0 Å². The number of H-pyrrole nitrogens is 1. The normalized spacial score (nSPS) is 37.7. The lowest BCUT2D eigenvalue weighted by Gasteiger charge is -2.30. The van der Waals surface area contributed by atoms with Crippen LogP contribution in [0.5, 0.6) is 0 Å². The first-order valence-electron chi connectivity index (χ1n) is 13.2. The van der Waals surface area contributed by atoms with Crippen molar-refractivity contribution in [3.8, 4) is 0 Å². The molecule has 20 nitrogen and oxygen atoms in total. The standard InChI is InChI=1S/C21H25N9O11P2S2/c1-7-27-18-11(19(33)28-7)26-6-30(18)21-13(32)15-9(39-21)3-37-42(34,44)40-14-8(2-36-43(35,45)41-15)38-20(12(14)31)29-5-25-10-16(22)23-4-24-17(10)29/h4-6,8-9,12-15,20-21,31-32H,2-3H2,1H3,(H,34,44)(H,35,45)(H2,22,23,24)(H,27,28,33)/t8-,9-,12-,13-,14-,15-,20-,21-,42?,43?/m1/s1. The molecule has 0 saturated carbocycles. The molecule has 45 heavy (non-hydrogen) atoms. The third-order valence-electron chi connectivity index (χ3n) is 7.42.